The number of rotatable bonds is 1. The molecule has 64 valence electrons. The molecule has 0 nitrogen and oxygen atoms in total. The summed E-state index contributed by atoms with van der Waals surface area (Å²) in [4.78, 5) is 0. The number of hydrogen-bond donors (Lipinski definition) is 0. The molecule has 1 aromatic carbocycles. The molecule has 1 aliphatic rings. The zero-order valence-corrected chi connectivity index (χ0v) is 6.85. The molecule has 2 rings (SSSR count). The van der Waals surface area contributed by atoms with Crippen molar-refractivity contribution in [2.24, 2.45) is 5.92 Å². The van der Waals surface area contributed by atoms with Crippen molar-refractivity contribution < 1.29 is 8.78 Å². The molecule has 0 spiro atoms. The van der Waals surface area contributed by atoms with Gasteiger partial charge in [-0.15, -0.1) is 0 Å². The van der Waals surface area contributed by atoms with Crippen LogP contribution in [0.4, 0.5) is 8.78 Å². The third-order valence-electron chi connectivity index (χ3n) is 2.48. The maximum atomic E-state index is 12.7. The molecule has 0 aliphatic heterocycles. The first kappa shape index (κ1) is 7.71. The molecule has 1 saturated carbocycles. The van der Waals surface area contributed by atoms with Gasteiger partial charge in [-0.2, -0.15) is 0 Å². The largest absolute Gasteiger partial charge is 0.204 e. The molecule has 0 saturated heterocycles. The van der Waals surface area contributed by atoms with Crippen molar-refractivity contribution in [2.75, 3.05) is 0 Å². The van der Waals surface area contributed by atoms with Crippen molar-refractivity contribution in [2.45, 2.75) is 19.3 Å². The summed E-state index contributed by atoms with van der Waals surface area (Å²) in [5, 5.41) is 0. The van der Waals surface area contributed by atoms with E-state index < -0.39 is 11.6 Å². The van der Waals surface area contributed by atoms with E-state index in [-0.39, 0.29) is 0 Å². The van der Waals surface area contributed by atoms with Crippen molar-refractivity contribution in [1.82, 2.24) is 0 Å². The average molecular weight is 168 g/mol. The standard InChI is InChI=1S/C10H10F2/c1-6-4-8(6)7-2-3-9(11)10(12)5-7/h2-3,5-6,8H,4H2,1H3/t6?,8-/m1/s1. The second-order valence-corrected chi connectivity index (χ2v) is 3.49. The van der Waals surface area contributed by atoms with E-state index in [9.17, 15) is 8.78 Å². The van der Waals surface area contributed by atoms with E-state index in [2.05, 4.69) is 6.92 Å². The quantitative estimate of drug-likeness (QED) is 0.604. The lowest BCUT2D eigenvalue weighted by atomic mass is 10.1. The lowest BCUT2D eigenvalue weighted by molar-refractivity contribution is 0.507. The summed E-state index contributed by atoms with van der Waals surface area (Å²) >= 11 is 0. The Hall–Kier alpha value is -0.920. The van der Waals surface area contributed by atoms with E-state index in [0.717, 1.165) is 12.0 Å². The minimum atomic E-state index is -0.757. The molecular weight excluding hydrogens is 158 g/mol. The van der Waals surface area contributed by atoms with Crippen LogP contribution in [0.25, 0.3) is 0 Å². The predicted molar refractivity (Wildman–Crippen MR) is 42.9 cm³/mol. The molecule has 12 heavy (non-hydrogen) atoms. The van der Waals surface area contributed by atoms with Crippen LogP contribution in [0.1, 0.15) is 24.8 Å². The maximum Gasteiger partial charge on any atom is 0.159 e. The Morgan fingerprint density at radius 2 is 1.92 bits per heavy atom. The Morgan fingerprint density at radius 1 is 1.25 bits per heavy atom. The zero-order chi connectivity index (χ0) is 8.72. The van der Waals surface area contributed by atoms with Gasteiger partial charge in [0.1, 0.15) is 0 Å². The molecule has 0 N–H and O–H groups in total. The van der Waals surface area contributed by atoms with Crippen molar-refractivity contribution >= 4 is 0 Å². The maximum absolute atomic E-state index is 12.7. The smallest absolute Gasteiger partial charge is 0.159 e. The van der Waals surface area contributed by atoms with Crippen molar-refractivity contribution in [3.05, 3.63) is 35.4 Å². The van der Waals surface area contributed by atoms with Crippen LogP contribution in [0.15, 0.2) is 18.2 Å². The number of halogens is 2. The second kappa shape index (κ2) is 2.54. The molecular formula is C10H10F2. The number of benzene rings is 1. The summed E-state index contributed by atoms with van der Waals surface area (Å²) < 4.78 is 25.2. The highest BCUT2D eigenvalue weighted by Crippen LogP contribution is 2.46. The molecule has 1 aliphatic carbocycles. The van der Waals surface area contributed by atoms with E-state index in [1.54, 1.807) is 6.07 Å². The molecule has 0 aromatic heterocycles. The zero-order valence-electron chi connectivity index (χ0n) is 6.85. The molecule has 0 heterocycles. The van der Waals surface area contributed by atoms with Gasteiger partial charge in [0.25, 0.3) is 0 Å². The molecule has 1 aromatic rings. The van der Waals surface area contributed by atoms with Crippen LogP contribution in [0, 0.1) is 17.6 Å². The van der Waals surface area contributed by atoms with E-state index in [1.807, 2.05) is 0 Å². The first-order chi connectivity index (χ1) is 5.68. The lowest BCUT2D eigenvalue weighted by Gasteiger charge is -1.98. The average Bonchev–Trinajstić information content (AvgIpc) is 2.73. The molecule has 1 unspecified atom stereocenters. The summed E-state index contributed by atoms with van der Waals surface area (Å²) in [6.45, 7) is 2.12. The van der Waals surface area contributed by atoms with Crippen molar-refractivity contribution in [3.8, 4) is 0 Å². The summed E-state index contributed by atoms with van der Waals surface area (Å²) in [7, 11) is 0. The van der Waals surface area contributed by atoms with Gasteiger partial charge in [0, 0.05) is 0 Å². The van der Waals surface area contributed by atoms with Gasteiger partial charge in [0.2, 0.25) is 0 Å². The Morgan fingerprint density at radius 3 is 2.42 bits per heavy atom. The first-order valence-electron chi connectivity index (χ1n) is 4.13. The Bertz CT molecular complexity index is 307. The predicted octanol–water partition coefficient (Wildman–Crippen LogP) is 3.09. The topological polar surface area (TPSA) is 0 Å². The van der Waals surface area contributed by atoms with Crippen LogP contribution in [0.3, 0.4) is 0 Å². The SMILES string of the molecule is CC1C[C@H]1c1ccc(F)c(F)c1. The van der Waals surface area contributed by atoms with E-state index in [1.165, 1.54) is 12.1 Å². The van der Waals surface area contributed by atoms with Gasteiger partial charge >= 0.3 is 0 Å². The molecule has 2 heteroatoms. The summed E-state index contributed by atoms with van der Waals surface area (Å²) in [6, 6.07) is 4.19. The monoisotopic (exact) mass is 168 g/mol. The van der Waals surface area contributed by atoms with Gasteiger partial charge < -0.3 is 0 Å². The molecule has 2 atom stereocenters. The Balaban J connectivity index is 2.29. The van der Waals surface area contributed by atoms with Gasteiger partial charge in [-0.3, -0.25) is 0 Å². The fourth-order valence-corrected chi connectivity index (χ4v) is 1.53. The molecule has 1 fully saturated rings. The number of hydrogen-bond acceptors (Lipinski definition) is 0. The third kappa shape index (κ3) is 1.22. The van der Waals surface area contributed by atoms with Gasteiger partial charge in [0.05, 0.1) is 0 Å². The van der Waals surface area contributed by atoms with Crippen molar-refractivity contribution in [1.29, 1.82) is 0 Å². The van der Waals surface area contributed by atoms with Crippen LogP contribution in [-0.4, -0.2) is 0 Å². The first-order valence-corrected chi connectivity index (χ1v) is 4.13. The van der Waals surface area contributed by atoms with Crippen LogP contribution in [-0.2, 0) is 0 Å². The lowest BCUT2D eigenvalue weighted by Crippen LogP contribution is -1.87. The van der Waals surface area contributed by atoms with E-state index >= 15 is 0 Å². The summed E-state index contributed by atoms with van der Waals surface area (Å²) in [5.74, 6) is -0.395. The molecule has 0 bridgehead atoms. The third-order valence-corrected chi connectivity index (χ3v) is 2.48. The Kier molecular flexibility index (Phi) is 1.63. The van der Waals surface area contributed by atoms with Crippen molar-refractivity contribution in [3.63, 3.8) is 0 Å². The van der Waals surface area contributed by atoms with E-state index in [0.29, 0.717) is 11.8 Å². The van der Waals surface area contributed by atoms with Gasteiger partial charge in [-0.1, -0.05) is 13.0 Å². The van der Waals surface area contributed by atoms with Crippen LogP contribution in [0.5, 0.6) is 0 Å². The molecule has 0 radical (unpaired) electrons. The van der Waals surface area contributed by atoms with Crippen LogP contribution >= 0.6 is 0 Å². The highest BCUT2D eigenvalue weighted by Gasteiger charge is 2.34. The van der Waals surface area contributed by atoms with Gasteiger partial charge in [-0.05, 0) is 36.0 Å². The normalized spacial score (nSPS) is 27.2. The van der Waals surface area contributed by atoms with Crippen LogP contribution in [0.2, 0.25) is 0 Å². The summed E-state index contributed by atoms with van der Waals surface area (Å²) in [6.07, 6.45) is 1.10. The Labute approximate surface area is 70.2 Å². The second-order valence-electron chi connectivity index (χ2n) is 3.49. The highest BCUT2D eigenvalue weighted by atomic mass is 19.2. The van der Waals surface area contributed by atoms with E-state index in [4.69, 9.17) is 0 Å². The minimum Gasteiger partial charge on any atom is -0.204 e. The fraction of sp³-hybridized carbons (Fsp3) is 0.400. The minimum absolute atomic E-state index is 0.458. The highest BCUT2D eigenvalue weighted by molar-refractivity contribution is 5.26. The van der Waals surface area contributed by atoms with Gasteiger partial charge in [-0.25, -0.2) is 8.78 Å². The van der Waals surface area contributed by atoms with Gasteiger partial charge in [0.15, 0.2) is 11.6 Å². The summed E-state index contributed by atoms with van der Waals surface area (Å²) in [5.41, 5.74) is 0.932. The fourth-order valence-electron chi connectivity index (χ4n) is 1.53. The van der Waals surface area contributed by atoms with Crippen LogP contribution < -0.4 is 0 Å². The molecule has 0 amide bonds.